The highest BCUT2D eigenvalue weighted by atomic mass is 35.5. The fraction of sp³-hybridized carbons (Fsp3) is 0.462. The van der Waals surface area contributed by atoms with Crippen LogP contribution in [-0.4, -0.2) is 20.9 Å². The van der Waals surface area contributed by atoms with Crippen LogP contribution >= 0.6 is 11.6 Å². The van der Waals surface area contributed by atoms with Crippen LogP contribution in [-0.2, 0) is 10.0 Å². The number of carbonyl (C=O) groups is 1. The number of hydrogen-bond donors (Lipinski definition) is 2. The topological polar surface area (TPSA) is 89.3 Å². The lowest BCUT2D eigenvalue weighted by Gasteiger charge is -2.12. The van der Waals surface area contributed by atoms with Gasteiger partial charge in [-0.25, -0.2) is 13.6 Å². The summed E-state index contributed by atoms with van der Waals surface area (Å²) in [6, 6.07) is 2.69. The standard InChI is InChI=1S/C13H19ClN2O3S/c1-4-8(2)7-16-13(17)10-5-11(14)9(3)12(6-10)20(15,18)19/h5-6,8H,4,7H2,1-3H3,(H,16,17)(H2,15,18,19). The first-order valence-corrected chi connectivity index (χ1v) is 8.20. The summed E-state index contributed by atoms with van der Waals surface area (Å²) in [7, 11) is -3.91. The average molecular weight is 319 g/mol. The van der Waals surface area contributed by atoms with Crippen LogP contribution < -0.4 is 10.5 Å². The molecule has 1 atom stereocenters. The zero-order valence-electron chi connectivity index (χ0n) is 11.7. The molecule has 1 rings (SSSR count). The molecule has 7 heteroatoms. The number of primary sulfonamides is 1. The fourth-order valence-electron chi connectivity index (χ4n) is 1.59. The third kappa shape index (κ3) is 4.19. The number of sulfonamides is 1. The summed E-state index contributed by atoms with van der Waals surface area (Å²) in [4.78, 5) is 11.9. The Hall–Kier alpha value is -1.11. The van der Waals surface area contributed by atoms with Gasteiger partial charge in [-0.05, 0) is 30.5 Å². The summed E-state index contributed by atoms with van der Waals surface area (Å²) in [5, 5.41) is 8.06. The van der Waals surface area contributed by atoms with E-state index in [0.717, 1.165) is 6.42 Å². The molecular formula is C13H19ClN2O3S. The van der Waals surface area contributed by atoms with Gasteiger partial charge in [0.2, 0.25) is 10.0 Å². The van der Waals surface area contributed by atoms with Crippen molar-refractivity contribution in [3.63, 3.8) is 0 Å². The van der Waals surface area contributed by atoms with Gasteiger partial charge >= 0.3 is 0 Å². The lowest BCUT2D eigenvalue weighted by Crippen LogP contribution is -2.28. The summed E-state index contributed by atoms with van der Waals surface area (Å²) in [6.45, 7) is 6.10. The van der Waals surface area contributed by atoms with E-state index in [0.29, 0.717) is 18.0 Å². The van der Waals surface area contributed by atoms with Crippen molar-refractivity contribution in [2.45, 2.75) is 32.1 Å². The first-order chi connectivity index (χ1) is 9.16. The summed E-state index contributed by atoms with van der Waals surface area (Å²) < 4.78 is 23.0. The van der Waals surface area contributed by atoms with E-state index in [2.05, 4.69) is 5.32 Å². The van der Waals surface area contributed by atoms with Gasteiger partial charge in [0.05, 0.1) is 4.90 Å². The number of halogens is 1. The molecule has 0 spiro atoms. The van der Waals surface area contributed by atoms with E-state index in [1.807, 2.05) is 13.8 Å². The molecule has 0 aliphatic carbocycles. The van der Waals surface area contributed by atoms with Gasteiger partial charge in [-0.1, -0.05) is 31.9 Å². The maximum Gasteiger partial charge on any atom is 0.251 e. The van der Waals surface area contributed by atoms with E-state index in [9.17, 15) is 13.2 Å². The van der Waals surface area contributed by atoms with Gasteiger partial charge in [0.1, 0.15) is 0 Å². The van der Waals surface area contributed by atoms with Gasteiger partial charge in [-0.15, -0.1) is 0 Å². The molecule has 0 bridgehead atoms. The normalized spacial score (nSPS) is 13.1. The Balaban J connectivity index is 3.09. The van der Waals surface area contributed by atoms with Crippen LogP contribution in [0.1, 0.15) is 36.2 Å². The number of amides is 1. The molecule has 0 saturated heterocycles. The third-order valence-electron chi connectivity index (χ3n) is 3.17. The lowest BCUT2D eigenvalue weighted by atomic mass is 10.1. The van der Waals surface area contributed by atoms with Crippen molar-refractivity contribution in [1.29, 1.82) is 0 Å². The second-order valence-corrected chi connectivity index (χ2v) is 6.79. The first-order valence-electron chi connectivity index (χ1n) is 6.28. The maximum absolute atomic E-state index is 12.0. The zero-order chi connectivity index (χ0) is 15.5. The molecule has 0 aromatic heterocycles. The summed E-state index contributed by atoms with van der Waals surface area (Å²) >= 11 is 5.96. The van der Waals surface area contributed by atoms with Crippen LogP contribution in [0.15, 0.2) is 17.0 Å². The van der Waals surface area contributed by atoms with E-state index in [4.69, 9.17) is 16.7 Å². The first kappa shape index (κ1) is 16.9. The van der Waals surface area contributed by atoms with Gasteiger partial charge < -0.3 is 5.32 Å². The quantitative estimate of drug-likeness (QED) is 0.871. The van der Waals surface area contributed by atoms with Gasteiger partial charge in [0, 0.05) is 17.1 Å². The second-order valence-electron chi connectivity index (χ2n) is 4.85. The Bertz CT molecular complexity index is 614. The van der Waals surface area contributed by atoms with Crippen LogP contribution in [0.4, 0.5) is 0 Å². The Kier molecular flexibility index (Phi) is 5.56. The molecule has 1 aromatic carbocycles. The number of rotatable bonds is 5. The monoisotopic (exact) mass is 318 g/mol. The van der Waals surface area contributed by atoms with Crippen LogP contribution in [0.5, 0.6) is 0 Å². The highest BCUT2D eigenvalue weighted by Gasteiger charge is 2.18. The average Bonchev–Trinajstić information content (AvgIpc) is 2.36. The Morgan fingerprint density at radius 1 is 1.45 bits per heavy atom. The van der Waals surface area contributed by atoms with Crippen LogP contribution in [0.25, 0.3) is 0 Å². The molecule has 0 heterocycles. The van der Waals surface area contributed by atoms with Gasteiger partial charge in [0.15, 0.2) is 0 Å². The molecule has 20 heavy (non-hydrogen) atoms. The largest absolute Gasteiger partial charge is 0.352 e. The predicted molar refractivity (Wildman–Crippen MR) is 79.4 cm³/mol. The number of nitrogens with two attached hydrogens (primary N) is 1. The Morgan fingerprint density at radius 3 is 2.55 bits per heavy atom. The second kappa shape index (κ2) is 6.56. The van der Waals surface area contributed by atoms with Crippen molar-refractivity contribution >= 4 is 27.5 Å². The van der Waals surface area contributed by atoms with Crippen molar-refractivity contribution < 1.29 is 13.2 Å². The number of nitrogens with one attached hydrogen (secondary N) is 1. The fourth-order valence-corrected chi connectivity index (χ4v) is 2.70. The minimum Gasteiger partial charge on any atom is -0.352 e. The third-order valence-corrected chi connectivity index (χ3v) is 4.60. The van der Waals surface area contributed by atoms with E-state index in [1.54, 1.807) is 6.92 Å². The van der Waals surface area contributed by atoms with Gasteiger partial charge in [0.25, 0.3) is 5.91 Å². The number of carbonyl (C=O) groups excluding carboxylic acids is 1. The SMILES string of the molecule is CCC(C)CNC(=O)c1cc(Cl)c(C)c(S(N)(=O)=O)c1. The molecule has 1 amide bonds. The molecule has 112 valence electrons. The number of benzene rings is 1. The van der Waals surface area contributed by atoms with Crippen molar-refractivity contribution in [1.82, 2.24) is 5.32 Å². The van der Waals surface area contributed by atoms with Crippen molar-refractivity contribution in [3.05, 3.63) is 28.3 Å². The van der Waals surface area contributed by atoms with Crippen LogP contribution in [0.2, 0.25) is 5.02 Å². The smallest absolute Gasteiger partial charge is 0.251 e. The molecule has 1 aromatic rings. The minimum absolute atomic E-state index is 0.126. The minimum atomic E-state index is -3.91. The summed E-state index contributed by atoms with van der Waals surface area (Å²) in [5.41, 5.74) is 0.528. The van der Waals surface area contributed by atoms with Crippen molar-refractivity contribution in [2.75, 3.05) is 6.54 Å². The van der Waals surface area contributed by atoms with E-state index in [-0.39, 0.29) is 21.4 Å². The Morgan fingerprint density at radius 2 is 2.05 bits per heavy atom. The molecule has 1 unspecified atom stereocenters. The van der Waals surface area contributed by atoms with Gasteiger partial charge in [-0.2, -0.15) is 0 Å². The maximum atomic E-state index is 12.0. The molecule has 5 nitrogen and oxygen atoms in total. The lowest BCUT2D eigenvalue weighted by molar-refractivity contribution is 0.0947. The van der Waals surface area contributed by atoms with Crippen LogP contribution in [0, 0.1) is 12.8 Å². The van der Waals surface area contributed by atoms with Crippen LogP contribution in [0.3, 0.4) is 0 Å². The molecule has 0 radical (unpaired) electrons. The van der Waals surface area contributed by atoms with E-state index >= 15 is 0 Å². The molecule has 0 saturated carbocycles. The van der Waals surface area contributed by atoms with E-state index < -0.39 is 10.0 Å². The zero-order valence-corrected chi connectivity index (χ0v) is 13.3. The van der Waals surface area contributed by atoms with Crippen molar-refractivity contribution in [2.24, 2.45) is 11.1 Å². The number of hydrogen-bond acceptors (Lipinski definition) is 3. The van der Waals surface area contributed by atoms with Crippen molar-refractivity contribution in [3.8, 4) is 0 Å². The predicted octanol–water partition coefficient (Wildman–Crippen LogP) is 2.07. The van der Waals surface area contributed by atoms with E-state index in [1.165, 1.54) is 12.1 Å². The molecule has 0 aliphatic heterocycles. The highest BCUT2D eigenvalue weighted by Crippen LogP contribution is 2.24. The molecule has 3 N–H and O–H groups in total. The van der Waals surface area contributed by atoms with Gasteiger partial charge in [-0.3, -0.25) is 4.79 Å². The molecular weight excluding hydrogens is 300 g/mol. The highest BCUT2D eigenvalue weighted by molar-refractivity contribution is 7.89. The molecule has 0 fully saturated rings. The summed E-state index contributed by atoms with van der Waals surface area (Å²) in [6.07, 6.45) is 0.942. The molecule has 0 aliphatic rings. The Labute approximate surface area is 124 Å². The summed E-state index contributed by atoms with van der Waals surface area (Å²) in [5.74, 6) is -0.0188.